The first-order chi connectivity index (χ1) is 5.40. The lowest BCUT2D eigenvalue weighted by atomic mass is 10.0. The minimum Gasteiger partial charge on any atom is -0.101 e. The zero-order valence-electron chi connectivity index (χ0n) is 6.40. The quantitative estimate of drug-likeness (QED) is 0.574. The highest BCUT2D eigenvalue weighted by Gasteiger charge is 2.87. The van der Waals surface area contributed by atoms with E-state index in [0.29, 0.717) is 29.6 Å². The first-order valence-corrected chi connectivity index (χ1v) is 5.67. The zero-order chi connectivity index (χ0) is 8.89. The Labute approximate surface area is 91.5 Å². The van der Waals surface area contributed by atoms with Crippen molar-refractivity contribution in [2.45, 2.75) is 15.6 Å². The summed E-state index contributed by atoms with van der Waals surface area (Å²) in [4.78, 5) is 0. The Kier molecular flexibility index (Phi) is 1.35. The molecule has 4 heteroatoms. The van der Waals surface area contributed by atoms with Gasteiger partial charge >= 0.3 is 0 Å². The molecule has 0 amide bonds. The van der Waals surface area contributed by atoms with Crippen molar-refractivity contribution in [2.24, 2.45) is 29.6 Å². The maximum atomic E-state index is 6.10. The minimum atomic E-state index is -0.522. The Morgan fingerprint density at radius 3 is 1.33 bits per heavy atom. The molecular weight excluding hydrogens is 238 g/mol. The van der Waals surface area contributed by atoms with Crippen LogP contribution in [-0.4, -0.2) is 8.67 Å². The van der Waals surface area contributed by atoms with Gasteiger partial charge in [0.15, 0.2) is 0 Å². The smallest absolute Gasteiger partial charge is 0.101 e. The monoisotopic (exact) mass is 244 g/mol. The van der Waals surface area contributed by atoms with E-state index in [4.69, 9.17) is 46.4 Å². The van der Waals surface area contributed by atoms with E-state index in [1.807, 2.05) is 0 Å². The van der Waals surface area contributed by atoms with Crippen LogP contribution < -0.4 is 0 Å². The van der Waals surface area contributed by atoms with E-state index in [0.717, 1.165) is 0 Å². The van der Waals surface area contributed by atoms with Gasteiger partial charge < -0.3 is 0 Å². The Bertz CT molecular complexity index is 234. The molecule has 0 nitrogen and oxygen atoms in total. The van der Waals surface area contributed by atoms with Gasteiger partial charge in [-0.2, -0.15) is 0 Å². The van der Waals surface area contributed by atoms with E-state index in [1.165, 1.54) is 0 Å². The third kappa shape index (κ3) is 0.680. The first-order valence-electron chi connectivity index (χ1n) is 4.15. The number of halogens is 4. The summed E-state index contributed by atoms with van der Waals surface area (Å²) in [7, 11) is 0. The first kappa shape index (κ1) is 8.47. The molecule has 0 N–H and O–H groups in total. The van der Waals surface area contributed by atoms with Crippen LogP contribution in [0.15, 0.2) is 0 Å². The normalized spacial score (nSPS) is 62.2. The summed E-state index contributed by atoms with van der Waals surface area (Å²) in [6, 6.07) is 0. The summed E-state index contributed by atoms with van der Waals surface area (Å²) in [5.74, 6) is 2.10. The van der Waals surface area contributed by atoms with Gasteiger partial charge in [-0.25, -0.2) is 0 Å². The molecule has 68 valence electrons. The highest BCUT2D eigenvalue weighted by Crippen LogP contribution is 2.85. The molecule has 0 spiro atoms. The van der Waals surface area contributed by atoms with Crippen molar-refractivity contribution in [1.82, 2.24) is 0 Å². The third-order valence-corrected chi connectivity index (χ3v) is 5.87. The van der Waals surface area contributed by atoms with Gasteiger partial charge in [0.2, 0.25) is 0 Å². The predicted molar refractivity (Wildman–Crippen MR) is 52.0 cm³/mol. The lowest BCUT2D eigenvalue weighted by Crippen LogP contribution is -2.09. The summed E-state index contributed by atoms with van der Waals surface area (Å²) in [5.41, 5.74) is 0. The number of alkyl halides is 4. The Morgan fingerprint density at radius 1 is 0.750 bits per heavy atom. The van der Waals surface area contributed by atoms with Crippen LogP contribution in [0.1, 0.15) is 6.92 Å². The molecule has 3 aliphatic carbocycles. The van der Waals surface area contributed by atoms with Crippen molar-refractivity contribution in [3.63, 3.8) is 0 Å². The second-order valence-corrected chi connectivity index (χ2v) is 7.20. The molecule has 4 unspecified atom stereocenters. The average molecular weight is 246 g/mol. The maximum Gasteiger partial charge on any atom is 0.125 e. The molecule has 0 aromatic carbocycles. The topological polar surface area (TPSA) is 0 Å². The molecule has 3 saturated carbocycles. The van der Waals surface area contributed by atoms with Gasteiger partial charge in [0.1, 0.15) is 8.67 Å². The van der Waals surface area contributed by atoms with Crippen molar-refractivity contribution in [2.75, 3.05) is 0 Å². The lowest BCUT2D eigenvalue weighted by molar-refractivity contribution is 0.464. The second kappa shape index (κ2) is 1.91. The molecule has 3 rings (SSSR count). The molecule has 3 aliphatic rings. The fraction of sp³-hybridized carbons (Fsp3) is 1.00. The van der Waals surface area contributed by atoms with Crippen LogP contribution in [0.5, 0.6) is 0 Å². The van der Waals surface area contributed by atoms with Crippen molar-refractivity contribution >= 4 is 46.4 Å². The summed E-state index contributed by atoms with van der Waals surface area (Å²) in [5, 5.41) is 0. The SMILES string of the molecule is CC1C2C(C3C1C3(Cl)Cl)C2(Cl)Cl. The van der Waals surface area contributed by atoms with Gasteiger partial charge in [-0.05, 0) is 5.92 Å². The van der Waals surface area contributed by atoms with Crippen LogP contribution in [0.3, 0.4) is 0 Å². The maximum absolute atomic E-state index is 6.10. The van der Waals surface area contributed by atoms with E-state index < -0.39 is 8.67 Å². The van der Waals surface area contributed by atoms with Gasteiger partial charge in [0.25, 0.3) is 0 Å². The summed E-state index contributed by atoms with van der Waals surface area (Å²) >= 11 is 24.4. The molecule has 4 atom stereocenters. The van der Waals surface area contributed by atoms with Crippen LogP contribution >= 0.6 is 46.4 Å². The Balaban J connectivity index is 1.95. The van der Waals surface area contributed by atoms with Crippen molar-refractivity contribution < 1.29 is 0 Å². The predicted octanol–water partition coefficient (Wildman–Crippen LogP) is 3.48. The summed E-state index contributed by atoms with van der Waals surface area (Å²) in [6.45, 7) is 2.15. The number of hydrogen-bond donors (Lipinski definition) is 0. The molecule has 0 saturated heterocycles. The van der Waals surface area contributed by atoms with Crippen LogP contribution in [0.4, 0.5) is 0 Å². The molecule has 0 aromatic rings. The van der Waals surface area contributed by atoms with Gasteiger partial charge in [0.05, 0.1) is 0 Å². The molecule has 0 bridgehead atoms. The molecule has 0 aromatic heterocycles. The van der Waals surface area contributed by atoms with Gasteiger partial charge in [-0.1, -0.05) is 6.92 Å². The average Bonchev–Trinajstić information content (AvgIpc) is 2.48. The molecule has 0 heterocycles. The number of fused-ring (bicyclic) bond motifs is 3. The number of hydrogen-bond acceptors (Lipinski definition) is 0. The summed E-state index contributed by atoms with van der Waals surface area (Å²) < 4.78 is -1.04. The van der Waals surface area contributed by atoms with Gasteiger partial charge in [-0.15, -0.1) is 46.4 Å². The molecule has 3 fully saturated rings. The standard InChI is InChI=1S/C8H8Cl4/c1-2-3-5(7(3,9)10)6-4(2)8(6,11)12/h2-6H,1H3. The van der Waals surface area contributed by atoms with Crippen LogP contribution in [-0.2, 0) is 0 Å². The largest absolute Gasteiger partial charge is 0.125 e. The second-order valence-electron chi connectivity index (χ2n) is 4.31. The highest BCUT2D eigenvalue weighted by atomic mass is 35.5. The molecule has 0 radical (unpaired) electrons. The minimum absolute atomic E-state index is 0.357. The molecular formula is C8H8Cl4. The van der Waals surface area contributed by atoms with E-state index in [9.17, 15) is 0 Å². The fourth-order valence-corrected chi connectivity index (χ4v) is 5.43. The van der Waals surface area contributed by atoms with Crippen LogP contribution in [0.2, 0.25) is 0 Å². The van der Waals surface area contributed by atoms with E-state index in [-0.39, 0.29) is 0 Å². The van der Waals surface area contributed by atoms with Crippen molar-refractivity contribution in [1.29, 1.82) is 0 Å². The van der Waals surface area contributed by atoms with E-state index in [1.54, 1.807) is 0 Å². The van der Waals surface area contributed by atoms with Crippen molar-refractivity contribution in [3.05, 3.63) is 0 Å². The highest BCUT2D eigenvalue weighted by molar-refractivity contribution is 6.54. The van der Waals surface area contributed by atoms with Crippen molar-refractivity contribution in [3.8, 4) is 0 Å². The van der Waals surface area contributed by atoms with Gasteiger partial charge in [0, 0.05) is 23.7 Å². The number of rotatable bonds is 0. The Morgan fingerprint density at radius 2 is 1.08 bits per heavy atom. The molecule has 12 heavy (non-hydrogen) atoms. The van der Waals surface area contributed by atoms with Crippen LogP contribution in [0.25, 0.3) is 0 Å². The zero-order valence-corrected chi connectivity index (χ0v) is 9.42. The van der Waals surface area contributed by atoms with E-state index >= 15 is 0 Å². The summed E-state index contributed by atoms with van der Waals surface area (Å²) in [6.07, 6.45) is 0. The fourth-order valence-electron chi connectivity index (χ4n) is 3.25. The lowest BCUT2D eigenvalue weighted by Gasteiger charge is -2.10. The van der Waals surface area contributed by atoms with Crippen LogP contribution in [0, 0.1) is 29.6 Å². The van der Waals surface area contributed by atoms with E-state index in [2.05, 4.69) is 6.92 Å². The third-order valence-electron chi connectivity index (χ3n) is 3.85. The Hall–Kier alpha value is 1.16. The van der Waals surface area contributed by atoms with Gasteiger partial charge in [-0.3, -0.25) is 0 Å². The molecule has 0 aliphatic heterocycles.